The number of alkyl halides is 3. The van der Waals surface area contributed by atoms with Gasteiger partial charge in [-0.15, -0.1) is 11.3 Å². The summed E-state index contributed by atoms with van der Waals surface area (Å²) >= 11 is 1.06. The van der Waals surface area contributed by atoms with Gasteiger partial charge in [-0.25, -0.2) is 4.79 Å². The Morgan fingerprint density at radius 2 is 2.05 bits per heavy atom. The van der Waals surface area contributed by atoms with Gasteiger partial charge in [0.15, 0.2) is 0 Å². The molecule has 6 heteroatoms. The van der Waals surface area contributed by atoms with Crippen molar-refractivity contribution in [1.82, 2.24) is 0 Å². The number of hydrogen-bond donors (Lipinski definition) is 0. The molecular formula is C15H15F3O2S. The van der Waals surface area contributed by atoms with Gasteiger partial charge < -0.3 is 4.74 Å². The first kappa shape index (κ1) is 15.8. The van der Waals surface area contributed by atoms with E-state index in [0.29, 0.717) is 21.4 Å². The molecule has 21 heavy (non-hydrogen) atoms. The van der Waals surface area contributed by atoms with E-state index in [4.69, 9.17) is 4.74 Å². The van der Waals surface area contributed by atoms with Crippen molar-refractivity contribution < 1.29 is 22.7 Å². The lowest BCUT2D eigenvalue weighted by Crippen LogP contribution is -2.04. The van der Waals surface area contributed by atoms with E-state index in [9.17, 15) is 18.0 Å². The highest BCUT2D eigenvalue weighted by Crippen LogP contribution is 2.37. The zero-order valence-electron chi connectivity index (χ0n) is 11.7. The van der Waals surface area contributed by atoms with Gasteiger partial charge in [0.2, 0.25) is 0 Å². The minimum Gasteiger partial charge on any atom is -0.465 e. The summed E-state index contributed by atoms with van der Waals surface area (Å²) in [5.74, 6) is -0.490. The van der Waals surface area contributed by atoms with Crippen molar-refractivity contribution in [2.45, 2.75) is 32.4 Å². The van der Waals surface area contributed by atoms with Crippen LogP contribution in [0.5, 0.6) is 0 Å². The van der Waals surface area contributed by atoms with Crippen molar-refractivity contribution in [3.05, 3.63) is 34.2 Å². The van der Waals surface area contributed by atoms with Crippen molar-refractivity contribution in [2.24, 2.45) is 0 Å². The molecule has 0 aliphatic rings. The summed E-state index contributed by atoms with van der Waals surface area (Å²) in [6, 6.07) is 3.61. The van der Waals surface area contributed by atoms with Crippen LogP contribution in [0.1, 0.15) is 40.6 Å². The fourth-order valence-electron chi connectivity index (χ4n) is 2.19. The average molecular weight is 316 g/mol. The lowest BCUT2D eigenvalue weighted by atomic mass is 10.0. The number of unbranched alkanes of at least 4 members (excludes halogenated alkanes) is 1. The molecule has 0 radical (unpaired) electrons. The average Bonchev–Trinajstić information content (AvgIpc) is 2.81. The van der Waals surface area contributed by atoms with Gasteiger partial charge in [-0.2, -0.15) is 13.2 Å². The molecule has 0 N–H and O–H groups in total. The molecule has 0 unspecified atom stereocenters. The predicted molar refractivity (Wildman–Crippen MR) is 76.8 cm³/mol. The van der Waals surface area contributed by atoms with Gasteiger partial charge in [0, 0.05) is 4.70 Å². The number of hydrogen-bond acceptors (Lipinski definition) is 3. The van der Waals surface area contributed by atoms with Gasteiger partial charge in [0.1, 0.15) is 4.88 Å². The number of thiophene rings is 1. The SMILES string of the molecule is CCCCc1c(C(=O)OC)sc2cc(C(F)(F)F)ccc12. The van der Waals surface area contributed by atoms with Gasteiger partial charge >= 0.3 is 12.1 Å². The van der Waals surface area contributed by atoms with Gasteiger partial charge in [-0.1, -0.05) is 19.4 Å². The first-order valence-corrected chi connectivity index (χ1v) is 7.41. The Morgan fingerprint density at radius 1 is 1.33 bits per heavy atom. The molecule has 0 spiro atoms. The van der Waals surface area contributed by atoms with Gasteiger partial charge in [-0.3, -0.25) is 0 Å². The van der Waals surface area contributed by atoms with E-state index in [2.05, 4.69) is 0 Å². The molecule has 0 amide bonds. The lowest BCUT2D eigenvalue weighted by molar-refractivity contribution is -0.137. The third kappa shape index (κ3) is 3.20. The van der Waals surface area contributed by atoms with E-state index in [1.54, 1.807) is 0 Å². The number of carbonyl (C=O) groups is 1. The van der Waals surface area contributed by atoms with Crippen LogP contribution in [-0.2, 0) is 17.3 Å². The van der Waals surface area contributed by atoms with Crippen molar-refractivity contribution in [3.8, 4) is 0 Å². The number of carbonyl (C=O) groups excluding carboxylic acids is 1. The minimum atomic E-state index is -4.38. The third-order valence-electron chi connectivity index (χ3n) is 3.27. The summed E-state index contributed by atoms with van der Waals surface area (Å²) in [4.78, 5) is 12.2. The summed E-state index contributed by atoms with van der Waals surface area (Å²) in [6.07, 6.45) is -1.91. The first-order chi connectivity index (χ1) is 9.88. The van der Waals surface area contributed by atoms with E-state index in [1.807, 2.05) is 6.92 Å². The molecular weight excluding hydrogens is 301 g/mol. The predicted octanol–water partition coefficient (Wildman–Crippen LogP) is 5.05. The van der Waals surface area contributed by atoms with Crippen LogP contribution in [0.15, 0.2) is 18.2 Å². The molecule has 0 saturated carbocycles. The Balaban J connectivity index is 2.58. The number of rotatable bonds is 4. The number of methoxy groups -OCH3 is 1. The fourth-order valence-corrected chi connectivity index (χ4v) is 3.39. The van der Waals surface area contributed by atoms with Crippen molar-refractivity contribution in [2.75, 3.05) is 7.11 Å². The number of aryl methyl sites for hydroxylation is 1. The van der Waals surface area contributed by atoms with Crippen LogP contribution in [0, 0.1) is 0 Å². The van der Waals surface area contributed by atoms with Gasteiger partial charge in [0.25, 0.3) is 0 Å². The lowest BCUT2D eigenvalue weighted by Gasteiger charge is -2.06. The second kappa shape index (κ2) is 6.05. The molecule has 0 bridgehead atoms. The summed E-state index contributed by atoms with van der Waals surface area (Å²) < 4.78 is 43.5. The molecule has 1 aromatic carbocycles. The Morgan fingerprint density at radius 3 is 2.62 bits per heavy atom. The Hall–Kier alpha value is -1.56. The number of fused-ring (bicyclic) bond motifs is 1. The monoisotopic (exact) mass is 316 g/mol. The molecule has 0 fully saturated rings. The molecule has 114 valence electrons. The van der Waals surface area contributed by atoms with Crippen LogP contribution in [0.25, 0.3) is 10.1 Å². The highest BCUT2D eigenvalue weighted by Gasteiger charge is 2.31. The molecule has 0 atom stereocenters. The van der Waals surface area contributed by atoms with Crippen LogP contribution in [0.4, 0.5) is 13.2 Å². The number of benzene rings is 1. The molecule has 2 nitrogen and oxygen atoms in total. The Bertz CT molecular complexity index is 659. The summed E-state index contributed by atoms with van der Waals surface area (Å²) in [5, 5.41) is 0.710. The maximum Gasteiger partial charge on any atom is 0.416 e. The molecule has 0 saturated heterocycles. The standard InChI is InChI=1S/C15H15F3O2S/c1-3-4-5-11-10-7-6-9(15(16,17)18)8-12(10)21-13(11)14(19)20-2/h6-8H,3-5H2,1-2H3. The maximum absolute atomic E-state index is 12.8. The smallest absolute Gasteiger partial charge is 0.416 e. The fraction of sp³-hybridized carbons (Fsp3) is 0.400. The Labute approximate surface area is 124 Å². The van der Waals surface area contributed by atoms with E-state index in [1.165, 1.54) is 13.2 Å². The summed E-state index contributed by atoms with van der Waals surface area (Å²) in [6.45, 7) is 2.02. The van der Waals surface area contributed by atoms with Crippen molar-refractivity contribution in [3.63, 3.8) is 0 Å². The van der Waals surface area contributed by atoms with Gasteiger partial charge in [-0.05, 0) is 35.9 Å². The van der Waals surface area contributed by atoms with E-state index < -0.39 is 17.7 Å². The largest absolute Gasteiger partial charge is 0.465 e. The zero-order valence-corrected chi connectivity index (χ0v) is 12.5. The summed E-state index contributed by atoms with van der Waals surface area (Å²) in [7, 11) is 1.28. The van der Waals surface area contributed by atoms with Crippen LogP contribution in [0.2, 0.25) is 0 Å². The topological polar surface area (TPSA) is 26.3 Å². The molecule has 0 aliphatic heterocycles. The van der Waals surface area contributed by atoms with E-state index in [-0.39, 0.29) is 0 Å². The number of esters is 1. The third-order valence-corrected chi connectivity index (χ3v) is 4.45. The van der Waals surface area contributed by atoms with Crippen LogP contribution >= 0.6 is 11.3 Å². The van der Waals surface area contributed by atoms with Gasteiger partial charge in [0.05, 0.1) is 12.7 Å². The Kier molecular flexibility index (Phi) is 4.56. The molecule has 1 aromatic heterocycles. The van der Waals surface area contributed by atoms with E-state index >= 15 is 0 Å². The molecule has 2 rings (SSSR count). The highest BCUT2D eigenvalue weighted by atomic mass is 32.1. The molecule has 2 aromatic rings. The van der Waals surface area contributed by atoms with Crippen molar-refractivity contribution >= 4 is 27.4 Å². The molecule has 1 heterocycles. The second-order valence-corrected chi connectivity index (χ2v) is 5.77. The van der Waals surface area contributed by atoms with Crippen LogP contribution in [-0.4, -0.2) is 13.1 Å². The van der Waals surface area contributed by atoms with Crippen LogP contribution in [0.3, 0.4) is 0 Å². The quantitative estimate of drug-likeness (QED) is 0.738. The minimum absolute atomic E-state index is 0.403. The van der Waals surface area contributed by atoms with Crippen molar-refractivity contribution in [1.29, 1.82) is 0 Å². The number of halogens is 3. The van der Waals surface area contributed by atoms with Crippen LogP contribution < -0.4 is 0 Å². The normalized spacial score (nSPS) is 11.9. The summed E-state index contributed by atoms with van der Waals surface area (Å²) in [5.41, 5.74) is 0.0899. The molecule has 0 aliphatic carbocycles. The van der Waals surface area contributed by atoms with E-state index in [0.717, 1.165) is 41.9 Å². The second-order valence-electron chi connectivity index (χ2n) is 4.71. The number of ether oxygens (including phenoxy) is 1. The highest BCUT2D eigenvalue weighted by molar-refractivity contribution is 7.21. The zero-order chi connectivity index (χ0) is 15.6. The first-order valence-electron chi connectivity index (χ1n) is 6.59. The maximum atomic E-state index is 12.8.